The van der Waals surface area contributed by atoms with Crippen LogP contribution in [0.4, 0.5) is 5.69 Å². The van der Waals surface area contributed by atoms with E-state index in [9.17, 15) is 9.59 Å². The van der Waals surface area contributed by atoms with Gasteiger partial charge < -0.3 is 20.4 Å². The first kappa shape index (κ1) is 12.7. The Kier molecular flexibility index (Phi) is 3.81. The van der Waals surface area contributed by atoms with Crippen molar-refractivity contribution in [2.75, 3.05) is 11.9 Å². The SMILES string of the molecule is O=C(Nc1ccccc1C#CCO)c1c[nH]c(=O)[nH]1. The fourth-order valence-corrected chi connectivity index (χ4v) is 1.48. The summed E-state index contributed by atoms with van der Waals surface area (Å²) < 4.78 is 0. The second kappa shape index (κ2) is 5.71. The van der Waals surface area contributed by atoms with Gasteiger partial charge in [-0.2, -0.15) is 0 Å². The minimum atomic E-state index is -0.448. The Bertz CT molecular complexity index is 703. The van der Waals surface area contributed by atoms with Gasteiger partial charge in [-0.3, -0.25) is 4.79 Å². The highest BCUT2D eigenvalue weighted by Gasteiger charge is 2.09. The second-order valence-electron chi connectivity index (χ2n) is 3.62. The first-order chi connectivity index (χ1) is 9.20. The van der Waals surface area contributed by atoms with Crippen LogP contribution in [0.5, 0.6) is 0 Å². The first-order valence-electron chi connectivity index (χ1n) is 5.48. The number of anilines is 1. The lowest BCUT2D eigenvalue weighted by Crippen LogP contribution is -2.14. The number of hydrogen-bond acceptors (Lipinski definition) is 3. The minimum absolute atomic E-state index is 0.134. The number of hydrogen-bond donors (Lipinski definition) is 4. The maximum absolute atomic E-state index is 11.9. The third kappa shape index (κ3) is 3.12. The molecule has 6 nitrogen and oxygen atoms in total. The number of aromatic amines is 2. The summed E-state index contributed by atoms with van der Waals surface area (Å²) in [5.41, 5.74) is 0.784. The van der Waals surface area contributed by atoms with Crippen LogP contribution in [0.25, 0.3) is 0 Å². The van der Waals surface area contributed by atoms with Crippen LogP contribution in [-0.4, -0.2) is 27.6 Å². The van der Waals surface area contributed by atoms with Gasteiger partial charge in [0.1, 0.15) is 12.3 Å². The Morgan fingerprint density at radius 3 is 2.84 bits per heavy atom. The number of rotatable bonds is 2. The molecule has 96 valence electrons. The Hall–Kier alpha value is -2.78. The average Bonchev–Trinajstić information content (AvgIpc) is 2.84. The molecule has 0 fully saturated rings. The maximum Gasteiger partial charge on any atom is 0.323 e. The first-order valence-corrected chi connectivity index (χ1v) is 5.48. The Balaban J connectivity index is 2.24. The molecule has 0 bridgehead atoms. The monoisotopic (exact) mass is 257 g/mol. The van der Waals surface area contributed by atoms with Gasteiger partial charge in [-0.05, 0) is 12.1 Å². The van der Waals surface area contributed by atoms with E-state index in [4.69, 9.17) is 5.11 Å². The largest absolute Gasteiger partial charge is 0.384 e. The molecule has 0 aliphatic heterocycles. The third-order valence-electron chi connectivity index (χ3n) is 2.32. The molecule has 0 saturated carbocycles. The molecule has 19 heavy (non-hydrogen) atoms. The fraction of sp³-hybridized carbons (Fsp3) is 0.0769. The van der Waals surface area contributed by atoms with Crippen molar-refractivity contribution in [2.24, 2.45) is 0 Å². The highest BCUT2D eigenvalue weighted by Crippen LogP contribution is 2.14. The van der Waals surface area contributed by atoms with Crippen LogP contribution in [0.2, 0.25) is 0 Å². The van der Waals surface area contributed by atoms with Gasteiger partial charge in [0.05, 0.1) is 5.69 Å². The van der Waals surface area contributed by atoms with Crippen molar-refractivity contribution in [2.45, 2.75) is 0 Å². The average molecular weight is 257 g/mol. The quantitative estimate of drug-likeness (QED) is 0.582. The number of aromatic nitrogens is 2. The van der Waals surface area contributed by atoms with Gasteiger partial charge in [0.25, 0.3) is 5.91 Å². The molecule has 0 atom stereocenters. The Morgan fingerprint density at radius 1 is 1.37 bits per heavy atom. The van der Waals surface area contributed by atoms with Crippen LogP contribution in [0, 0.1) is 11.8 Å². The predicted octanol–water partition coefficient (Wildman–Crippen LogP) is 0.299. The van der Waals surface area contributed by atoms with Crippen molar-refractivity contribution in [3.05, 3.63) is 52.2 Å². The van der Waals surface area contributed by atoms with E-state index >= 15 is 0 Å². The fourth-order valence-electron chi connectivity index (χ4n) is 1.48. The number of nitrogens with one attached hydrogen (secondary N) is 3. The number of para-hydroxylation sites is 1. The summed E-state index contributed by atoms with van der Waals surface area (Å²) in [6.45, 7) is -0.257. The van der Waals surface area contributed by atoms with Crippen molar-refractivity contribution in [1.29, 1.82) is 0 Å². The van der Waals surface area contributed by atoms with E-state index in [2.05, 4.69) is 27.1 Å². The van der Waals surface area contributed by atoms with Gasteiger partial charge in [-0.15, -0.1) is 0 Å². The van der Waals surface area contributed by atoms with Crippen molar-refractivity contribution in [3.8, 4) is 11.8 Å². The number of H-pyrrole nitrogens is 2. The molecule has 1 aromatic carbocycles. The molecule has 2 aromatic rings. The van der Waals surface area contributed by atoms with Gasteiger partial charge >= 0.3 is 5.69 Å². The van der Waals surface area contributed by atoms with E-state index in [1.54, 1.807) is 24.3 Å². The van der Waals surface area contributed by atoms with Gasteiger partial charge in [0.15, 0.2) is 0 Å². The number of carbonyl (C=O) groups is 1. The van der Waals surface area contributed by atoms with E-state index in [0.29, 0.717) is 11.3 Å². The number of aliphatic hydroxyl groups is 1. The summed E-state index contributed by atoms with van der Waals surface area (Å²) >= 11 is 0. The lowest BCUT2D eigenvalue weighted by Gasteiger charge is -2.05. The molecule has 6 heteroatoms. The highest BCUT2D eigenvalue weighted by molar-refractivity contribution is 6.03. The van der Waals surface area contributed by atoms with Crippen LogP contribution in [0.1, 0.15) is 16.1 Å². The summed E-state index contributed by atoms with van der Waals surface area (Å²) in [5, 5.41) is 11.3. The maximum atomic E-state index is 11.9. The van der Waals surface area contributed by atoms with Crippen LogP contribution in [0.15, 0.2) is 35.3 Å². The molecule has 0 radical (unpaired) electrons. The Labute approximate surface area is 108 Å². The van der Waals surface area contributed by atoms with Crippen LogP contribution in [-0.2, 0) is 0 Å². The molecule has 1 heterocycles. The summed E-state index contributed by atoms with van der Waals surface area (Å²) in [4.78, 5) is 27.5. The smallest absolute Gasteiger partial charge is 0.323 e. The molecule has 1 amide bonds. The van der Waals surface area contributed by atoms with Crippen LogP contribution >= 0.6 is 0 Å². The van der Waals surface area contributed by atoms with Crippen molar-refractivity contribution >= 4 is 11.6 Å². The molecule has 0 saturated heterocycles. The van der Waals surface area contributed by atoms with Gasteiger partial charge in [-0.25, -0.2) is 4.79 Å². The lowest BCUT2D eigenvalue weighted by atomic mass is 10.2. The molecular formula is C13H11N3O3. The molecule has 0 spiro atoms. The zero-order valence-corrected chi connectivity index (χ0v) is 9.86. The molecule has 0 aliphatic carbocycles. The standard InChI is InChI=1S/C13H11N3O3/c17-7-3-5-9-4-1-2-6-10(9)15-12(18)11-8-14-13(19)16-11/h1-2,4,6,8,17H,7H2,(H,15,18)(H2,14,16,19). The number of amides is 1. The summed E-state index contributed by atoms with van der Waals surface area (Å²) in [6.07, 6.45) is 1.29. The van der Waals surface area contributed by atoms with Crippen molar-refractivity contribution < 1.29 is 9.90 Å². The molecule has 0 unspecified atom stereocenters. The van der Waals surface area contributed by atoms with E-state index < -0.39 is 11.6 Å². The topological polar surface area (TPSA) is 98.0 Å². The third-order valence-corrected chi connectivity index (χ3v) is 2.32. The van der Waals surface area contributed by atoms with Crippen molar-refractivity contribution in [3.63, 3.8) is 0 Å². The predicted molar refractivity (Wildman–Crippen MR) is 69.8 cm³/mol. The van der Waals surface area contributed by atoms with Crippen LogP contribution < -0.4 is 11.0 Å². The number of imidazole rings is 1. The molecule has 4 N–H and O–H groups in total. The molecule has 1 aromatic heterocycles. The second-order valence-corrected chi connectivity index (χ2v) is 3.62. The van der Waals surface area contributed by atoms with E-state index in [-0.39, 0.29) is 12.3 Å². The van der Waals surface area contributed by atoms with Gasteiger partial charge in [-0.1, -0.05) is 24.0 Å². The van der Waals surface area contributed by atoms with Gasteiger partial charge in [0, 0.05) is 11.8 Å². The molecule has 0 aliphatic rings. The van der Waals surface area contributed by atoms with Crippen LogP contribution in [0.3, 0.4) is 0 Å². The number of benzene rings is 1. The number of carbonyl (C=O) groups excluding carboxylic acids is 1. The van der Waals surface area contributed by atoms with Crippen molar-refractivity contribution in [1.82, 2.24) is 9.97 Å². The summed E-state index contributed by atoms with van der Waals surface area (Å²) in [6, 6.07) is 6.93. The van der Waals surface area contributed by atoms with E-state index in [1.165, 1.54) is 6.20 Å². The molecular weight excluding hydrogens is 246 g/mol. The normalized spacial score (nSPS) is 9.53. The summed E-state index contributed by atoms with van der Waals surface area (Å²) in [7, 11) is 0. The Morgan fingerprint density at radius 2 is 2.16 bits per heavy atom. The minimum Gasteiger partial charge on any atom is -0.384 e. The van der Waals surface area contributed by atoms with E-state index in [0.717, 1.165) is 0 Å². The lowest BCUT2D eigenvalue weighted by molar-refractivity contribution is 0.102. The summed E-state index contributed by atoms with van der Waals surface area (Å²) in [5.74, 6) is 4.80. The zero-order chi connectivity index (χ0) is 13.7. The number of aliphatic hydroxyl groups excluding tert-OH is 1. The van der Waals surface area contributed by atoms with Gasteiger partial charge in [0.2, 0.25) is 0 Å². The zero-order valence-electron chi connectivity index (χ0n) is 9.86. The highest BCUT2D eigenvalue weighted by atomic mass is 16.2. The van der Waals surface area contributed by atoms with E-state index in [1.807, 2.05) is 0 Å². The molecule has 2 rings (SSSR count).